The number of anilines is 3. The Kier molecular flexibility index (Phi) is 3.19. The zero-order chi connectivity index (χ0) is 12.4. The Hall–Kier alpha value is -1.75. The highest BCUT2D eigenvalue weighted by molar-refractivity contribution is 6.02. The number of carbonyl (C=O) groups is 1. The molecule has 17 heavy (non-hydrogen) atoms. The maximum absolute atomic E-state index is 11.5. The number of morpholine rings is 1. The molecule has 0 spiro atoms. The van der Waals surface area contributed by atoms with Crippen LogP contribution >= 0.6 is 0 Å². The lowest BCUT2D eigenvalue weighted by atomic mass is 10.1. The third-order valence-electron chi connectivity index (χ3n) is 2.95. The highest BCUT2D eigenvalue weighted by Gasteiger charge is 2.16. The molecule has 0 aliphatic carbocycles. The monoisotopic (exact) mass is 235 g/mol. The second-order valence-corrected chi connectivity index (χ2v) is 4.15. The number of carbonyl (C=O) groups excluding carboxylic acids is 1. The number of hydrogen-bond acceptors (Lipinski definition) is 5. The van der Waals surface area contributed by atoms with Gasteiger partial charge in [-0.15, -0.1) is 0 Å². The van der Waals surface area contributed by atoms with E-state index in [0.717, 1.165) is 18.8 Å². The molecule has 4 N–H and O–H groups in total. The van der Waals surface area contributed by atoms with Crippen LogP contribution in [0.1, 0.15) is 17.3 Å². The van der Waals surface area contributed by atoms with Crippen LogP contribution in [0.25, 0.3) is 0 Å². The highest BCUT2D eigenvalue weighted by atomic mass is 16.5. The summed E-state index contributed by atoms with van der Waals surface area (Å²) >= 11 is 0. The van der Waals surface area contributed by atoms with Crippen molar-refractivity contribution in [2.24, 2.45) is 0 Å². The molecule has 1 aromatic carbocycles. The van der Waals surface area contributed by atoms with Crippen molar-refractivity contribution in [1.82, 2.24) is 0 Å². The fourth-order valence-electron chi connectivity index (χ4n) is 1.96. The molecule has 0 atom stereocenters. The van der Waals surface area contributed by atoms with E-state index in [2.05, 4.69) is 4.90 Å². The molecular weight excluding hydrogens is 218 g/mol. The van der Waals surface area contributed by atoms with E-state index in [0.29, 0.717) is 30.2 Å². The SMILES string of the molecule is CC(=O)c1cc(N2CCOCC2)cc(N)c1N. The predicted molar refractivity (Wildman–Crippen MR) is 68.3 cm³/mol. The van der Waals surface area contributed by atoms with Gasteiger partial charge in [0.2, 0.25) is 0 Å². The van der Waals surface area contributed by atoms with Crippen LogP contribution in [0.2, 0.25) is 0 Å². The average Bonchev–Trinajstić information content (AvgIpc) is 2.33. The highest BCUT2D eigenvalue weighted by Crippen LogP contribution is 2.28. The first-order chi connectivity index (χ1) is 8.09. The van der Waals surface area contributed by atoms with Crippen LogP contribution in [0.15, 0.2) is 12.1 Å². The molecule has 0 amide bonds. The van der Waals surface area contributed by atoms with Gasteiger partial charge in [0.25, 0.3) is 0 Å². The van der Waals surface area contributed by atoms with Crippen LogP contribution in [0.5, 0.6) is 0 Å². The van der Waals surface area contributed by atoms with Gasteiger partial charge in [0.05, 0.1) is 24.6 Å². The second-order valence-electron chi connectivity index (χ2n) is 4.15. The van der Waals surface area contributed by atoms with Gasteiger partial charge in [-0.2, -0.15) is 0 Å². The average molecular weight is 235 g/mol. The standard InChI is InChI=1S/C12H17N3O2/c1-8(16)10-6-9(7-11(13)12(10)14)15-2-4-17-5-3-15/h6-7H,2-5,13-14H2,1H3. The molecule has 0 radical (unpaired) electrons. The van der Waals surface area contributed by atoms with Crippen LogP contribution in [0.4, 0.5) is 17.1 Å². The van der Waals surface area contributed by atoms with E-state index in [4.69, 9.17) is 16.2 Å². The number of ketones is 1. The third-order valence-corrected chi connectivity index (χ3v) is 2.95. The summed E-state index contributed by atoms with van der Waals surface area (Å²) in [6, 6.07) is 3.62. The minimum atomic E-state index is -0.0655. The number of nitrogens with two attached hydrogens (primary N) is 2. The number of rotatable bonds is 2. The first kappa shape index (κ1) is 11.7. The molecule has 0 unspecified atom stereocenters. The molecule has 1 aliphatic rings. The number of ether oxygens (including phenoxy) is 1. The van der Waals surface area contributed by atoms with Crippen molar-refractivity contribution >= 4 is 22.8 Å². The van der Waals surface area contributed by atoms with Gasteiger partial charge in [-0.05, 0) is 19.1 Å². The minimum absolute atomic E-state index is 0.0655. The first-order valence-electron chi connectivity index (χ1n) is 5.62. The van der Waals surface area contributed by atoms with Gasteiger partial charge in [-0.1, -0.05) is 0 Å². The summed E-state index contributed by atoms with van der Waals surface area (Å²) in [7, 11) is 0. The van der Waals surface area contributed by atoms with Crippen molar-refractivity contribution in [2.75, 3.05) is 42.7 Å². The molecule has 5 heteroatoms. The van der Waals surface area contributed by atoms with Gasteiger partial charge in [-0.3, -0.25) is 4.79 Å². The number of nitrogen functional groups attached to an aromatic ring is 2. The van der Waals surface area contributed by atoms with Crippen molar-refractivity contribution in [3.8, 4) is 0 Å². The Morgan fingerprint density at radius 3 is 2.53 bits per heavy atom. The molecule has 92 valence electrons. The van der Waals surface area contributed by atoms with E-state index in [1.165, 1.54) is 6.92 Å². The predicted octanol–water partition coefficient (Wildman–Crippen LogP) is 0.890. The molecule has 1 aliphatic heterocycles. The fraction of sp³-hybridized carbons (Fsp3) is 0.417. The summed E-state index contributed by atoms with van der Waals surface area (Å²) in [6.07, 6.45) is 0. The van der Waals surface area contributed by atoms with Crippen LogP contribution in [0.3, 0.4) is 0 Å². The van der Waals surface area contributed by atoms with Crippen LogP contribution in [-0.2, 0) is 4.74 Å². The van der Waals surface area contributed by atoms with Crippen molar-refractivity contribution in [2.45, 2.75) is 6.92 Å². The molecule has 0 bridgehead atoms. The van der Waals surface area contributed by atoms with Crippen molar-refractivity contribution in [3.63, 3.8) is 0 Å². The van der Waals surface area contributed by atoms with Crippen molar-refractivity contribution in [1.29, 1.82) is 0 Å². The Morgan fingerprint density at radius 2 is 1.94 bits per heavy atom. The third kappa shape index (κ3) is 2.34. The van der Waals surface area contributed by atoms with E-state index in [1.807, 2.05) is 6.07 Å². The van der Waals surface area contributed by atoms with Crippen LogP contribution in [-0.4, -0.2) is 32.1 Å². The lowest BCUT2D eigenvalue weighted by Gasteiger charge is -2.29. The lowest BCUT2D eigenvalue weighted by molar-refractivity contribution is 0.101. The number of benzene rings is 1. The summed E-state index contributed by atoms with van der Waals surface area (Å²) in [5, 5.41) is 0. The van der Waals surface area contributed by atoms with E-state index in [1.54, 1.807) is 6.07 Å². The molecule has 0 aromatic heterocycles. The maximum Gasteiger partial charge on any atom is 0.162 e. The Bertz CT molecular complexity index is 440. The van der Waals surface area contributed by atoms with E-state index < -0.39 is 0 Å². The zero-order valence-electron chi connectivity index (χ0n) is 9.90. The molecule has 5 nitrogen and oxygen atoms in total. The quantitative estimate of drug-likeness (QED) is 0.587. The molecule has 1 fully saturated rings. The summed E-state index contributed by atoms with van der Waals surface area (Å²) in [5.74, 6) is -0.0655. The molecule has 1 aromatic rings. The summed E-state index contributed by atoms with van der Waals surface area (Å²) in [4.78, 5) is 13.6. The van der Waals surface area contributed by atoms with E-state index in [-0.39, 0.29) is 5.78 Å². The Morgan fingerprint density at radius 1 is 1.29 bits per heavy atom. The fourth-order valence-corrected chi connectivity index (χ4v) is 1.96. The van der Waals surface area contributed by atoms with E-state index in [9.17, 15) is 4.79 Å². The first-order valence-corrected chi connectivity index (χ1v) is 5.62. The minimum Gasteiger partial charge on any atom is -0.397 e. The topological polar surface area (TPSA) is 81.6 Å². The van der Waals surface area contributed by atoms with Crippen LogP contribution in [0, 0.1) is 0 Å². The largest absolute Gasteiger partial charge is 0.397 e. The lowest BCUT2D eigenvalue weighted by Crippen LogP contribution is -2.36. The van der Waals surface area contributed by atoms with Gasteiger partial charge in [-0.25, -0.2) is 0 Å². The molecule has 2 rings (SSSR count). The second kappa shape index (κ2) is 4.63. The van der Waals surface area contributed by atoms with Gasteiger partial charge in [0.15, 0.2) is 5.78 Å². The number of hydrogen-bond donors (Lipinski definition) is 2. The van der Waals surface area contributed by atoms with E-state index >= 15 is 0 Å². The number of Topliss-reactive ketones (excluding diaryl/α,β-unsaturated/α-hetero) is 1. The summed E-state index contributed by atoms with van der Waals surface area (Å²) < 4.78 is 5.29. The Balaban J connectivity index is 2.37. The van der Waals surface area contributed by atoms with Gasteiger partial charge in [0, 0.05) is 24.3 Å². The number of nitrogens with zero attached hydrogens (tertiary/aromatic N) is 1. The molecular formula is C12H17N3O2. The summed E-state index contributed by atoms with van der Waals surface area (Å²) in [6.45, 7) is 4.50. The van der Waals surface area contributed by atoms with Crippen molar-refractivity contribution in [3.05, 3.63) is 17.7 Å². The van der Waals surface area contributed by atoms with Crippen LogP contribution < -0.4 is 16.4 Å². The molecule has 1 heterocycles. The Labute approximate surface area is 100 Å². The molecule has 1 saturated heterocycles. The summed E-state index contributed by atoms with van der Waals surface area (Å²) in [5.41, 5.74) is 13.9. The smallest absolute Gasteiger partial charge is 0.162 e. The maximum atomic E-state index is 11.5. The molecule has 0 saturated carbocycles. The zero-order valence-corrected chi connectivity index (χ0v) is 9.90. The van der Waals surface area contributed by atoms with Gasteiger partial charge >= 0.3 is 0 Å². The van der Waals surface area contributed by atoms with Crippen molar-refractivity contribution < 1.29 is 9.53 Å². The normalized spacial score (nSPS) is 15.9. The van der Waals surface area contributed by atoms with Gasteiger partial charge in [0.1, 0.15) is 0 Å². The van der Waals surface area contributed by atoms with Gasteiger partial charge < -0.3 is 21.1 Å².